The summed E-state index contributed by atoms with van der Waals surface area (Å²) < 4.78 is 0. The molecule has 2 aromatic carbocycles. The van der Waals surface area contributed by atoms with Crippen LogP contribution in [-0.4, -0.2) is 26.7 Å². The fourth-order valence-electron chi connectivity index (χ4n) is 3.23. The average Bonchev–Trinajstić information content (AvgIpc) is 2.55. The molecule has 4 heteroatoms. The molecule has 0 unspecified atom stereocenters. The number of anilines is 2. The fourth-order valence-corrected chi connectivity index (χ4v) is 3.23. The predicted octanol–water partition coefficient (Wildman–Crippen LogP) is 4.00. The van der Waals surface area contributed by atoms with E-state index in [0.29, 0.717) is 6.54 Å². The summed E-state index contributed by atoms with van der Waals surface area (Å²) in [7, 11) is 3.99. The fraction of sp³-hybridized carbons (Fsp3) is 0.350. The monoisotopic (exact) mass is 323 g/mol. The quantitative estimate of drug-likeness (QED) is 0.873. The van der Waals surface area contributed by atoms with Crippen molar-refractivity contribution in [1.29, 1.82) is 0 Å². The van der Waals surface area contributed by atoms with Gasteiger partial charge in [-0.3, -0.25) is 0 Å². The van der Waals surface area contributed by atoms with Crippen molar-refractivity contribution in [2.24, 2.45) is 0 Å². The maximum absolute atomic E-state index is 12.2. The predicted molar refractivity (Wildman–Crippen MR) is 99.8 cm³/mol. The highest BCUT2D eigenvalue weighted by Gasteiger charge is 2.38. The third-order valence-corrected chi connectivity index (χ3v) is 4.93. The lowest BCUT2D eigenvalue weighted by atomic mass is 9.64. The van der Waals surface area contributed by atoms with E-state index in [4.69, 9.17) is 0 Å². The second-order valence-corrected chi connectivity index (χ2v) is 6.75. The van der Waals surface area contributed by atoms with E-state index in [1.54, 1.807) is 0 Å². The Morgan fingerprint density at radius 3 is 2.25 bits per heavy atom. The Kier molecular flexibility index (Phi) is 4.74. The minimum Gasteiger partial charge on any atom is -0.378 e. The highest BCUT2D eigenvalue weighted by Crippen LogP contribution is 2.43. The number of nitrogens with one attached hydrogen (secondary N) is 2. The largest absolute Gasteiger partial charge is 0.378 e. The Morgan fingerprint density at radius 1 is 1.04 bits per heavy atom. The van der Waals surface area contributed by atoms with Crippen LogP contribution in [0.5, 0.6) is 0 Å². The van der Waals surface area contributed by atoms with Crippen LogP contribution in [0.1, 0.15) is 24.8 Å². The van der Waals surface area contributed by atoms with Crippen molar-refractivity contribution in [3.8, 4) is 0 Å². The standard InChI is InChI=1S/C20H25N3O/c1-23(2)18-11-9-17(10-12-18)22-19(24)21-15-20(13-6-14-20)16-7-4-3-5-8-16/h3-5,7-12H,6,13-15H2,1-2H3,(H2,21,22,24). The smallest absolute Gasteiger partial charge is 0.319 e. The molecule has 24 heavy (non-hydrogen) atoms. The number of carbonyl (C=O) groups is 1. The summed E-state index contributed by atoms with van der Waals surface area (Å²) in [5.74, 6) is 0. The van der Waals surface area contributed by atoms with E-state index in [1.165, 1.54) is 12.0 Å². The topological polar surface area (TPSA) is 44.4 Å². The van der Waals surface area contributed by atoms with E-state index in [2.05, 4.69) is 34.9 Å². The van der Waals surface area contributed by atoms with Gasteiger partial charge in [-0.2, -0.15) is 0 Å². The first-order valence-corrected chi connectivity index (χ1v) is 8.47. The van der Waals surface area contributed by atoms with E-state index < -0.39 is 0 Å². The van der Waals surface area contributed by atoms with Crippen molar-refractivity contribution in [3.05, 3.63) is 60.2 Å². The second kappa shape index (κ2) is 6.95. The minimum absolute atomic E-state index is 0.105. The van der Waals surface area contributed by atoms with Gasteiger partial charge in [0.1, 0.15) is 0 Å². The number of rotatable bonds is 5. The van der Waals surface area contributed by atoms with Crippen LogP contribution in [0.2, 0.25) is 0 Å². The number of benzene rings is 2. The van der Waals surface area contributed by atoms with E-state index in [-0.39, 0.29) is 11.4 Å². The molecular formula is C20H25N3O. The molecule has 2 amide bonds. The molecule has 4 nitrogen and oxygen atoms in total. The van der Waals surface area contributed by atoms with Crippen molar-refractivity contribution in [2.75, 3.05) is 30.9 Å². The molecule has 0 radical (unpaired) electrons. The van der Waals surface area contributed by atoms with Crippen LogP contribution >= 0.6 is 0 Å². The zero-order valence-corrected chi connectivity index (χ0v) is 14.4. The lowest BCUT2D eigenvalue weighted by molar-refractivity contribution is 0.222. The van der Waals surface area contributed by atoms with Crippen molar-refractivity contribution in [2.45, 2.75) is 24.7 Å². The highest BCUT2D eigenvalue weighted by molar-refractivity contribution is 5.89. The van der Waals surface area contributed by atoms with Gasteiger partial charge in [0, 0.05) is 37.4 Å². The number of carbonyl (C=O) groups excluding carboxylic acids is 1. The number of amides is 2. The first-order valence-electron chi connectivity index (χ1n) is 8.47. The molecule has 2 N–H and O–H groups in total. The summed E-state index contributed by atoms with van der Waals surface area (Å²) in [5.41, 5.74) is 3.35. The Labute approximate surface area is 143 Å². The number of hydrogen-bond acceptors (Lipinski definition) is 2. The molecule has 0 atom stereocenters. The Morgan fingerprint density at radius 2 is 1.71 bits per heavy atom. The Hall–Kier alpha value is -2.49. The highest BCUT2D eigenvalue weighted by atomic mass is 16.2. The normalized spacial score (nSPS) is 15.2. The summed E-state index contributed by atoms with van der Waals surface area (Å²) >= 11 is 0. The van der Waals surface area contributed by atoms with E-state index in [1.807, 2.05) is 49.3 Å². The summed E-state index contributed by atoms with van der Waals surface area (Å²) in [6.45, 7) is 0.679. The summed E-state index contributed by atoms with van der Waals surface area (Å²) in [5, 5.41) is 5.96. The maximum Gasteiger partial charge on any atom is 0.319 e. The third-order valence-electron chi connectivity index (χ3n) is 4.93. The van der Waals surface area contributed by atoms with Gasteiger partial charge in [-0.05, 0) is 42.7 Å². The number of urea groups is 1. The third kappa shape index (κ3) is 3.53. The molecule has 1 saturated carbocycles. The molecule has 126 valence electrons. The zero-order valence-electron chi connectivity index (χ0n) is 14.4. The van der Waals surface area contributed by atoms with E-state index >= 15 is 0 Å². The van der Waals surface area contributed by atoms with E-state index in [0.717, 1.165) is 24.2 Å². The van der Waals surface area contributed by atoms with Crippen molar-refractivity contribution in [1.82, 2.24) is 5.32 Å². The maximum atomic E-state index is 12.2. The van der Waals surface area contributed by atoms with Crippen LogP contribution in [0.15, 0.2) is 54.6 Å². The molecule has 0 aromatic heterocycles. The lowest BCUT2D eigenvalue weighted by Crippen LogP contribution is -2.46. The van der Waals surface area contributed by atoms with Crippen LogP contribution in [0.4, 0.5) is 16.2 Å². The summed E-state index contributed by atoms with van der Waals surface area (Å²) in [6, 6.07) is 18.2. The molecule has 1 fully saturated rings. The number of nitrogens with zero attached hydrogens (tertiary/aromatic N) is 1. The first kappa shape index (κ1) is 16.4. The molecule has 3 rings (SSSR count). The average molecular weight is 323 g/mol. The molecule has 0 spiro atoms. The van der Waals surface area contributed by atoms with Crippen molar-refractivity contribution in [3.63, 3.8) is 0 Å². The first-order chi connectivity index (χ1) is 11.6. The van der Waals surface area contributed by atoms with Gasteiger partial charge in [0.2, 0.25) is 0 Å². The summed E-state index contributed by atoms with van der Waals surface area (Å²) in [4.78, 5) is 14.2. The molecule has 2 aromatic rings. The SMILES string of the molecule is CN(C)c1ccc(NC(=O)NCC2(c3ccccc3)CCC2)cc1. The van der Waals surface area contributed by atoms with Crippen LogP contribution < -0.4 is 15.5 Å². The molecule has 0 bridgehead atoms. The molecule has 0 saturated heterocycles. The van der Waals surface area contributed by atoms with Crippen LogP contribution in [-0.2, 0) is 5.41 Å². The van der Waals surface area contributed by atoms with Gasteiger partial charge in [0.15, 0.2) is 0 Å². The summed E-state index contributed by atoms with van der Waals surface area (Å²) in [6.07, 6.45) is 3.49. The van der Waals surface area contributed by atoms with Crippen molar-refractivity contribution < 1.29 is 4.79 Å². The lowest BCUT2D eigenvalue weighted by Gasteiger charge is -2.42. The van der Waals surface area contributed by atoms with Gasteiger partial charge >= 0.3 is 6.03 Å². The molecule has 1 aliphatic carbocycles. The number of hydrogen-bond donors (Lipinski definition) is 2. The van der Waals surface area contributed by atoms with Gasteiger partial charge in [-0.15, -0.1) is 0 Å². The molecule has 0 heterocycles. The molecule has 0 aliphatic heterocycles. The van der Waals surface area contributed by atoms with Gasteiger partial charge in [0.25, 0.3) is 0 Å². The van der Waals surface area contributed by atoms with Crippen molar-refractivity contribution >= 4 is 17.4 Å². The van der Waals surface area contributed by atoms with Gasteiger partial charge in [-0.1, -0.05) is 36.8 Å². The zero-order chi connectivity index (χ0) is 17.0. The second-order valence-electron chi connectivity index (χ2n) is 6.75. The van der Waals surface area contributed by atoms with Gasteiger partial charge in [-0.25, -0.2) is 4.79 Å². The van der Waals surface area contributed by atoms with Crippen LogP contribution in [0.25, 0.3) is 0 Å². The Balaban J connectivity index is 1.57. The molecular weight excluding hydrogens is 298 g/mol. The minimum atomic E-state index is -0.144. The van der Waals surface area contributed by atoms with Gasteiger partial charge < -0.3 is 15.5 Å². The van der Waals surface area contributed by atoms with E-state index in [9.17, 15) is 4.79 Å². The van der Waals surface area contributed by atoms with Crippen LogP contribution in [0.3, 0.4) is 0 Å². The van der Waals surface area contributed by atoms with Gasteiger partial charge in [0.05, 0.1) is 0 Å². The van der Waals surface area contributed by atoms with Crippen LogP contribution in [0, 0.1) is 0 Å². The molecule has 1 aliphatic rings. The Bertz CT molecular complexity index is 676.